The summed E-state index contributed by atoms with van der Waals surface area (Å²) in [5, 5.41) is 1.74. The smallest absolute Gasteiger partial charge is 0.257 e. The Balaban J connectivity index is 3.46. The molecule has 0 atom stereocenters. The van der Waals surface area contributed by atoms with Gasteiger partial charge in [-0.25, -0.2) is 5.01 Å². The second-order valence-electron chi connectivity index (χ2n) is 2.10. The predicted molar refractivity (Wildman–Crippen MR) is 41.3 cm³/mol. The lowest BCUT2D eigenvalue weighted by Gasteiger charge is -2.14. The molecule has 58 valence electrons. The van der Waals surface area contributed by atoms with Crippen LogP contribution in [-0.4, -0.2) is 24.5 Å². The molecule has 1 amide bonds. The van der Waals surface area contributed by atoms with Gasteiger partial charge in [-0.3, -0.25) is 10.2 Å². The summed E-state index contributed by atoms with van der Waals surface area (Å²) in [4.78, 5) is 10.6. The van der Waals surface area contributed by atoms with E-state index < -0.39 is 0 Å². The molecule has 0 unspecified atom stereocenters. The van der Waals surface area contributed by atoms with E-state index >= 15 is 0 Å². The molecule has 0 aromatic carbocycles. The first-order valence-electron chi connectivity index (χ1n) is 3.35. The van der Waals surface area contributed by atoms with Gasteiger partial charge in [-0.2, -0.15) is 0 Å². The van der Waals surface area contributed by atoms with Crippen LogP contribution >= 0.6 is 0 Å². The molecule has 0 heterocycles. The zero-order valence-electron chi connectivity index (χ0n) is 6.55. The van der Waals surface area contributed by atoms with Gasteiger partial charge in [0, 0.05) is 13.6 Å². The predicted octanol–water partition coefficient (Wildman–Crippen LogP) is 0.545. The molecule has 0 aliphatic rings. The van der Waals surface area contributed by atoms with Crippen molar-refractivity contribution in [1.29, 1.82) is 0 Å². The zero-order valence-corrected chi connectivity index (χ0v) is 6.55. The van der Waals surface area contributed by atoms with Gasteiger partial charge >= 0.3 is 0 Å². The van der Waals surface area contributed by atoms with Gasteiger partial charge in [0.25, 0.3) is 5.91 Å². The molecule has 0 fully saturated rings. The highest BCUT2D eigenvalue weighted by atomic mass is 16.2. The fourth-order valence-electron chi connectivity index (χ4n) is 0.625. The van der Waals surface area contributed by atoms with Gasteiger partial charge in [-0.1, -0.05) is 13.5 Å². The minimum atomic E-state index is -0.157. The van der Waals surface area contributed by atoms with Crippen LogP contribution in [-0.2, 0) is 4.79 Å². The van der Waals surface area contributed by atoms with Gasteiger partial charge in [-0.05, 0) is 12.5 Å². The monoisotopic (exact) mass is 142 g/mol. The van der Waals surface area contributed by atoms with Crippen LogP contribution in [0.1, 0.15) is 13.3 Å². The van der Waals surface area contributed by atoms with Crippen molar-refractivity contribution in [3.8, 4) is 0 Å². The van der Waals surface area contributed by atoms with E-state index in [1.807, 2.05) is 7.05 Å². The number of nitrogens with one attached hydrogen (secondary N) is 1. The molecule has 0 spiro atoms. The summed E-state index contributed by atoms with van der Waals surface area (Å²) in [6.45, 7) is 6.25. The van der Waals surface area contributed by atoms with Gasteiger partial charge in [0.1, 0.15) is 0 Å². The zero-order chi connectivity index (χ0) is 7.98. The number of hydrogen-bond donors (Lipinski definition) is 1. The Morgan fingerprint density at radius 3 is 2.80 bits per heavy atom. The van der Waals surface area contributed by atoms with Crippen LogP contribution in [0.2, 0.25) is 0 Å². The van der Waals surface area contributed by atoms with Crippen LogP contribution in [0.5, 0.6) is 0 Å². The fourth-order valence-corrected chi connectivity index (χ4v) is 0.625. The van der Waals surface area contributed by atoms with Crippen LogP contribution in [0.4, 0.5) is 0 Å². The average Bonchev–Trinajstić information content (AvgIpc) is 1.88. The minimum Gasteiger partial charge on any atom is -0.286 e. The molecule has 0 aromatic heterocycles. The molecule has 0 bridgehead atoms. The average molecular weight is 142 g/mol. The van der Waals surface area contributed by atoms with E-state index in [4.69, 9.17) is 0 Å². The summed E-state index contributed by atoms with van der Waals surface area (Å²) < 4.78 is 0. The molecule has 1 N–H and O–H groups in total. The molecule has 0 aromatic rings. The van der Waals surface area contributed by atoms with E-state index in [2.05, 4.69) is 18.9 Å². The third-order valence-corrected chi connectivity index (χ3v) is 1.05. The molecule has 3 nitrogen and oxygen atoms in total. The highest BCUT2D eigenvalue weighted by molar-refractivity contribution is 5.86. The summed E-state index contributed by atoms with van der Waals surface area (Å²) in [5.41, 5.74) is 2.61. The van der Waals surface area contributed by atoms with Crippen molar-refractivity contribution < 1.29 is 4.79 Å². The number of nitrogens with zero attached hydrogens (tertiary/aromatic N) is 1. The maximum absolute atomic E-state index is 10.6. The summed E-state index contributed by atoms with van der Waals surface area (Å²) in [6.07, 6.45) is 2.28. The van der Waals surface area contributed by atoms with Crippen molar-refractivity contribution >= 4 is 5.91 Å². The molecule has 10 heavy (non-hydrogen) atoms. The van der Waals surface area contributed by atoms with Crippen molar-refractivity contribution in [1.82, 2.24) is 10.4 Å². The van der Waals surface area contributed by atoms with Crippen LogP contribution in [0, 0.1) is 0 Å². The topological polar surface area (TPSA) is 32.3 Å². The minimum absolute atomic E-state index is 0.157. The molecular weight excluding hydrogens is 128 g/mol. The Morgan fingerprint density at radius 1 is 1.80 bits per heavy atom. The van der Waals surface area contributed by atoms with E-state index in [-0.39, 0.29) is 5.91 Å². The van der Waals surface area contributed by atoms with E-state index in [0.717, 1.165) is 13.0 Å². The number of hydrogen-bond acceptors (Lipinski definition) is 2. The summed E-state index contributed by atoms with van der Waals surface area (Å²) >= 11 is 0. The second-order valence-corrected chi connectivity index (χ2v) is 2.10. The Kier molecular flexibility index (Phi) is 4.58. The Hall–Kier alpha value is -0.830. The van der Waals surface area contributed by atoms with Crippen LogP contribution in [0.15, 0.2) is 12.7 Å². The van der Waals surface area contributed by atoms with Gasteiger partial charge < -0.3 is 0 Å². The van der Waals surface area contributed by atoms with Crippen molar-refractivity contribution in [2.24, 2.45) is 0 Å². The van der Waals surface area contributed by atoms with Crippen molar-refractivity contribution in [3.63, 3.8) is 0 Å². The molecule has 0 saturated carbocycles. The molecule has 3 heteroatoms. The highest BCUT2D eigenvalue weighted by Crippen LogP contribution is 1.80. The van der Waals surface area contributed by atoms with Crippen LogP contribution < -0.4 is 5.43 Å². The first-order valence-corrected chi connectivity index (χ1v) is 3.35. The third kappa shape index (κ3) is 4.09. The molecule has 0 radical (unpaired) electrons. The largest absolute Gasteiger partial charge is 0.286 e. The lowest BCUT2D eigenvalue weighted by Crippen LogP contribution is -2.38. The highest BCUT2D eigenvalue weighted by Gasteiger charge is 1.96. The molecular formula is C7H14N2O. The number of rotatable bonds is 4. The Morgan fingerprint density at radius 2 is 2.40 bits per heavy atom. The maximum Gasteiger partial charge on any atom is 0.257 e. The van der Waals surface area contributed by atoms with Crippen molar-refractivity contribution in [2.45, 2.75) is 13.3 Å². The van der Waals surface area contributed by atoms with E-state index in [1.54, 1.807) is 5.01 Å². The van der Waals surface area contributed by atoms with E-state index in [0.29, 0.717) is 0 Å². The Labute approximate surface area is 61.7 Å². The molecule has 0 saturated heterocycles. The third-order valence-electron chi connectivity index (χ3n) is 1.05. The quantitative estimate of drug-likeness (QED) is 0.459. The first kappa shape index (κ1) is 9.17. The summed E-state index contributed by atoms with van der Waals surface area (Å²) in [5.74, 6) is -0.157. The van der Waals surface area contributed by atoms with Crippen molar-refractivity contribution in [2.75, 3.05) is 13.6 Å². The number of amides is 1. The Bertz CT molecular complexity index is 123. The molecule has 0 aliphatic carbocycles. The number of hydrazine groups is 1. The second kappa shape index (κ2) is 4.99. The number of carbonyl (C=O) groups is 1. The normalized spacial score (nSPS) is 9.50. The molecule has 0 aliphatic heterocycles. The fraction of sp³-hybridized carbons (Fsp3) is 0.571. The van der Waals surface area contributed by atoms with Crippen molar-refractivity contribution in [3.05, 3.63) is 12.7 Å². The summed E-state index contributed by atoms with van der Waals surface area (Å²) in [7, 11) is 1.82. The lowest BCUT2D eigenvalue weighted by atomic mass is 10.5. The van der Waals surface area contributed by atoms with Crippen LogP contribution in [0.25, 0.3) is 0 Å². The van der Waals surface area contributed by atoms with Gasteiger partial charge in [0.05, 0.1) is 0 Å². The van der Waals surface area contributed by atoms with Gasteiger partial charge in [0.15, 0.2) is 0 Å². The number of carbonyl (C=O) groups excluding carboxylic acids is 1. The standard InChI is InChI=1S/C7H14N2O/c1-4-6-9(3)8-7(10)5-2/h5H,2,4,6H2,1,3H3,(H,8,10). The maximum atomic E-state index is 10.6. The van der Waals surface area contributed by atoms with E-state index in [9.17, 15) is 4.79 Å². The molecule has 0 rings (SSSR count). The van der Waals surface area contributed by atoms with Gasteiger partial charge in [-0.15, -0.1) is 0 Å². The van der Waals surface area contributed by atoms with E-state index in [1.165, 1.54) is 6.08 Å². The van der Waals surface area contributed by atoms with Crippen LogP contribution in [0.3, 0.4) is 0 Å². The first-order chi connectivity index (χ1) is 4.70. The summed E-state index contributed by atoms with van der Waals surface area (Å²) in [6, 6.07) is 0. The SMILES string of the molecule is C=CC(=O)NN(C)CCC. The lowest BCUT2D eigenvalue weighted by molar-refractivity contribution is -0.120. The van der Waals surface area contributed by atoms with Gasteiger partial charge in [0.2, 0.25) is 0 Å².